The van der Waals surface area contributed by atoms with E-state index in [-0.39, 0.29) is 10.9 Å². The maximum atomic E-state index is 13.5. The van der Waals surface area contributed by atoms with Gasteiger partial charge in [-0.15, -0.1) is 0 Å². The third-order valence-corrected chi connectivity index (χ3v) is 11.6. The van der Waals surface area contributed by atoms with Crippen LogP contribution in [0.15, 0.2) is 24.3 Å². The summed E-state index contributed by atoms with van der Waals surface area (Å²) in [7, 11) is -0.174. The maximum absolute atomic E-state index is 13.5. The molecule has 0 N–H and O–H groups in total. The van der Waals surface area contributed by atoms with Gasteiger partial charge in [-0.2, -0.15) is 0 Å². The van der Waals surface area contributed by atoms with Gasteiger partial charge in [-0.3, -0.25) is 9.69 Å². The first kappa shape index (κ1) is 20.5. The predicted molar refractivity (Wildman–Crippen MR) is 116 cm³/mol. The number of benzene rings is 1. The number of fused-ring (bicyclic) bond motifs is 2. The second kappa shape index (κ2) is 6.67. The molecule has 1 heterocycles. The van der Waals surface area contributed by atoms with Gasteiger partial charge in [0.2, 0.25) is 0 Å². The van der Waals surface area contributed by atoms with Crippen LogP contribution in [-0.4, -0.2) is 42.9 Å². The first-order valence-corrected chi connectivity index (χ1v) is 13.1. The van der Waals surface area contributed by atoms with Gasteiger partial charge in [0.15, 0.2) is 13.4 Å². The van der Waals surface area contributed by atoms with E-state index in [2.05, 4.69) is 63.9 Å². The van der Waals surface area contributed by atoms with Crippen molar-refractivity contribution < 1.29 is 9.22 Å². The van der Waals surface area contributed by atoms with Gasteiger partial charge in [0.05, 0.1) is 0 Å². The molecule has 1 aliphatic heterocycles. The minimum absolute atomic E-state index is 0.0744. The van der Waals surface area contributed by atoms with E-state index in [0.717, 1.165) is 18.4 Å². The number of nitrogens with zero attached hydrogens (tertiary/aromatic N) is 2. The summed E-state index contributed by atoms with van der Waals surface area (Å²) in [5, 5.41) is 0.678. The molecular formula is C21H32N2O2SSi. The summed E-state index contributed by atoms with van der Waals surface area (Å²) >= 11 is 5.71. The van der Waals surface area contributed by atoms with E-state index < -0.39 is 13.9 Å². The molecule has 1 amide bonds. The van der Waals surface area contributed by atoms with Gasteiger partial charge in [-0.05, 0) is 60.2 Å². The molecule has 1 aromatic carbocycles. The van der Waals surface area contributed by atoms with E-state index in [1.807, 2.05) is 6.07 Å². The largest absolute Gasteiger partial charge is 0.399 e. The highest BCUT2D eigenvalue weighted by Gasteiger charge is 2.58. The van der Waals surface area contributed by atoms with Crippen molar-refractivity contribution in [3.63, 3.8) is 0 Å². The molecule has 2 aliphatic rings. The first-order chi connectivity index (χ1) is 12.4. The standard InChI is InChI=1S/C21H32N2O2SSi/c1-15-12-16-10-8-9-11-17(16)21(13-15)18(24)22(5)19(26)23(21)14-25-27(6,7)20(2,3)4/h8-11,15H,12-14H2,1-7H3. The molecule has 2 unspecified atom stereocenters. The van der Waals surface area contributed by atoms with Crippen LogP contribution >= 0.6 is 12.2 Å². The Morgan fingerprint density at radius 3 is 2.56 bits per heavy atom. The molecule has 0 radical (unpaired) electrons. The van der Waals surface area contributed by atoms with Crippen molar-refractivity contribution in [2.24, 2.45) is 5.92 Å². The fourth-order valence-electron chi connectivity index (χ4n) is 4.05. The van der Waals surface area contributed by atoms with Crippen LogP contribution < -0.4 is 0 Å². The molecule has 27 heavy (non-hydrogen) atoms. The van der Waals surface area contributed by atoms with Crippen molar-refractivity contribution in [3.05, 3.63) is 35.4 Å². The highest BCUT2D eigenvalue weighted by Crippen LogP contribution is 2.48. The third kappa shape index (κ3) is 3.15. The first-order valence-electron chi connectivity index (χ1n) is 9.74. The molecular weight excluding hydrogens is 372 g/mol. The number of rotatable bonds is 3. The number of likely N-dealkylation sites (N-methyl/N-ethyl adjacent to an activating group) is 1. The number of carbonyl (C=O) groups excluding carboxylic acids is 1. The van der Waals surface area contributed by atoms with E-state index in [4.69, 9.17) is 16.6 Å². The lowest BCUT2D eigenvalue weighted by Gasteiger charge is -2.45. The summed E-state index contributed by atoms with van der Waals surface area (Å²) in [5.74, 6) is 0.485. The number of carbonyl (C=O) groups is 1. The molecule has 6 heteroatoms. The van der Waals surface area contributed by atoms with Gasteiger partial charge in [0.1, 0.15) is 12.3 Å². The van der Waals surface area contributed by atoms with Crippen molar-refractivity contribution in [3.8, 4) is 0 Å². The van der Waals surface area contributed by atoms with Gasteiger partial charge in [-0.1, -0.05) is 52.0 Å². The van der Waals surface area contributed by atoms with Crippen molar-refractivity contribution in [1.82, 2.24) is 9.80 Å². The molecule has 3 rings (SSSR count). The zero-order valence-corrected chi connectivity index (χ0v) is 19.4. The molecule has 2 atom stereocenters. The Hall–Kier alpha value is -1.24. The zero-order chi connectivity index (χ0) is 20.2. The van der Waals surface area contributed by atoms with E-state index in [1.54, 1.807) is 11.9 Å². The lowest BCUT2D eigenvalue weighted by molar-refractivity contribution is -0.135. The molecule has 4 nitrogen and oxygen atoms in total. The average Bonchev–Trinajstić information content (AvgIpc) is 2.74. The highest BCUT2D eigenvalue weighted by molar-refractivity contribution is 7.80. The number of amides is 1. The van der Waals surface area contributed by atoms with Crippen LogP contribution in [0.4, 0.5) is 0 Å². The summed E-state index contributed by atoms with van der Waals surface area (Å²) in [4.78, 5) is 17.2. The van der Waals surface area contributed by atoms with Crippen molar-refractivity contribution >= 4 is 31.6 Å². The number of thiocarbonyl (C=S) groups is 1. The van der Waals surface area contributed by atoms with Crippen LogP contribution in [-0.2, 0) is 21.2 Å². The smallest absolute Gasteiger partial charge is 0.259 e. The van der Waals surface area contributed by atoms with Crippen LogP contribution in [0.2, 0.25) is 18.1 Å². The Labute approximate surface area is 170 Å². The molecule has 1 aromatic rings. The fourth-order valence-corrected chi connectivity index (χ4v) is 5.23. The van der Waals surface area contributed by atoms with Crippen LogP contribution in [0.3, 0.4) is 0 Å². The molecule has 1 spiro atoms. The average molecular weight is 405 g/mol. The Morgan fingerprint density at radius 1 is 1.30 bits per heavy atom. The summed E-state index contributed by atoms with van der Waals surface area (Å²) in [5.41, 5.74) is 1.61. The van der Waals surface area contributed by atoms with Gasteiger partial charge < -0.3 is 9.33 Å². The Morgan fingerprint density at radius 2 is 1.93 bits per heavy atom. The highest BCUT2D eigenvalue weighted by atomic mass is 32.1. The van der Waals surface area contributed by atoms with Crippen molar-refractivity contribution in [1.29, 1.82) is 0 Å². The van der Waals surface area contributed by atoms with Crippen LogP contribution in [0, 0.1) is 5.92 Å². The van der Waals surface area contributed by atoms with E-state index in [0.29, 0.717) is 17.8 Å². The summed E-state index contributed by atoms with van der Waals surface area (Å²) < 4.78 is 6.52. The third-order valence-electron chi connectivity index (χ3n) is 6.67. The van der Waals surface area contributed by atoms with Crippen LogP contribution in [0.5, 0.6) is 0 Å². The second-order valence-corrected chi connectivity index (χ2v) is 14.8. The molecule has 0 aromatic heterocycles. The molecule has 1 saturated heterocycles. The topological polar surface area (TPSA) is 32.8 Å². The Kier molecular flexibility index (Phi) is 5.06. The lowest BCUT2D eigenvalue weighted by atomic mass is 9.71. The summed E-state index contributed by atoms with van der Waals surface area (Å²) in [6.07, 6.45) is 1.77. The van der Waals surface area contributed by atoms with Gasteiger partial charge in [-0.25, -0.2) is 0 Å². The quantitative estimate of drug-likeness (QED) is 0.548. The molecule has 0 saturated carbocycles. The molecule has 148 valence electrons. The van der Waals surface area contributed by atoms with Gasteiger partial charge in [0.25, 0.3) is 5.91 Å². The lowest BCUT2D eigenvalue weighted by Crippen LogP contribution is -2.53. The van der Waals surface area contributed by atoms with Gasteiger partial charge in [0, 0.05) is 7.05 Å². The van der Waals surface area contributed by atoms with Crippen LogP contribution in [0.25, 0.3) is 0 Å². The summed E-state index contributed by atoms with van der Waals surface area (Å²) in [6.45, 7) is 13.8. The SMILES string of the molecule is CC1Cc2ccccc2C2(C1)C(=O)N(C)C(=S)N2CO[Si](C)(C)C(C)(C)C. The fraction of sp³-hybridized carbons (Fsp3) is 0.619. The zero-order valence-electron chi connectivity index (χ0n) is 17.6. The number of hydrogen-bond donors (Lipinski definition) is 0. The van der Waals surface area contributed by atoms with E-state index >= 15 is 0 Å². The second-order valence-electron chi connectivity index (χ2n) is 9.64. The minimum atomic E-state index is -1.97. The van der Waals surface area contributed by atoms with Gasteiger partial charge >= 0.3 is 0 Å². The Balaban J connectivity index is 2.05. The summed E-state index contributed by atoms with van der Waals surface area (Å²) in [6, 6.07) is 8.33. The molecule has 1 fully saturated rings. The maximum Gasteiger partial charge on any atom is 0.259 e. The van der Waals surface area contributed by atoms with Crippen molar-refractivity contribution in [2.75, 3.05) is 13.8 Å². The monoisotopic (exact) mass is 404 g/mol. The van der Waals surface area contributed by atoms with Crippen LogP contribution in [0.1, 0.15) is 45.2 Å². The molecule has 1 aliphatic carbocycles. The molecule has 0 bridgehead atoms. The minimum Gasteiger partial charge on any atom is -0.399 e. The normalized spacial score (nSPS) is 26.1. The predicted octanol–water partition coefficient (Wildman–Crippen LogP) is 4.50. The van der Waals surface area contributed by atoms with E-state index in [1.165, 1.54) is 5.56 Å². The number of hydrogen-bond acceptors (Lipinski definition) is 3. The van der Waals surface area contributed by atoms with E-state index in [9.17, 15) is 4.79 Å². The van der Waals surface area contributed by atoms with Crippen molar-refractivity contribution in [2.45, 2.75) is 64.2 Å². The Bertz CT molecular complexity index is 774.